The first-order valence-corrected chi connectivity index (χ1v) is 11.2. The summed E-state index contributed by atoms with van der Waals surface area (Å²) < 4.78 is 28.4. The highest BCUT2D eigenvalue weighted by Gasteiger charge is 2.20. The summed E-state index contributed by atoms with van der Waals surface area (Å²) in [6, 6.07) is 9.75. The Kier molecular flexibility index (Phi) is 9.48. The van der Waals surface area contributed by atoms with Crippen LogP contribution in [-0.4, -0.2) is 52.6 Å². The number of sulfone groups is 1. The molecule has 0 unspecified atom stereocenters. The number of nitrogens with zero attached hydrogens (tertiary/aromatic N) is 1. The molecule has 7 heteroatoms. The quantitative estimate of drug-likeness (QED) is 0.349. The zero-order chi connectivity index (χ0) is 19.5. The molecule has 1 aromatic carbocycles. The molecule has 0 fully saturated rings. The summed E-state index contributed by atoms with van der Waals surface area (Å²) in [6.45, 7) is 8.83. The Morgan fingerprint density at radius 2 is 1.88 bits per heavy atom. The van der Waals surface area contributed by atoms with E-state index in [1.54, 1.807) is 0 Å². The number of para-hydroxylation sites is 1. The average molecular weight is 384 g/mol. The maximum absolute atomic E-state index is 11.4. The Labute approximate surface area is 158 Å². The lowest BCUT2D eigenvalue weighted by atomic mass is 9.90. The Bertz CT molecular complexity index is 643. The van der Waals surface area contributed by atoms with E-state index in [9.17, 15) is 8.42 Å². The number of guanidine groups is 1. The molecular formula is C19H33N3O3S. The maximum atomic E-state index is 11.4. The predicted octanol–water partition coefficient (Wildman–Crippen LogP) is 2.47. The predicted molar refractivity (Wildman–Crippen MR) is 109 cm³/mol. The summed E-state index contributed by atoms with van der Waals surface area (Å²) in [6.07, 6.45) is 2.73. The van der Waals surface area contributed by atoms with Gasteiger partial charge in [0.05, 0.1) is 12.4 Å². The van der Waals surface area contributed by atoms with Crippen LogP contribution in [0.5, 0.6) is 5.75 Å². The van der Waals surface area contributed by atoms with Gasteiger partial charge in [0.15, 0.2) is 5.96 Å². The van der Waals surface area contributed by atoms with Gasteiger partial charge in [-0.2, -0.15) is 0 Å². The summed E-state index contributed by atoms with van der Waals surface area (Å²) in [4.78, 5) is 4.60. The lowest BCUT2D eigenvalue weighted by Gasteiger charge is -2.22. The summed E-state index contributed by atoms with van der Waals surface area (Å²) in [5.74, 6) is 1.82. The molecule has 0 radical (unpaired) electrons. The SMILES string of the molecule is CCNC(=NCC(C)(C)CCS(C)(=O)=O)NCCCOc1ccccc1. The molecule has 1 aromatic rings. The third-order valence-electron chi connectivity index (χ3n) is 3.78. The number of rotatable bonds is 11. The topological polar surface area (TPSA) is 79.8 Å². The van der Waals surface area contributed by atoms with Crippen LogP contribution in [0.15, 0.2) is 35.3 Å². The molecule has 0 aliphatic carbocycles. The van der Waals surface area contributed by atoms with E-state index in [-0.39, 0.29) is 11.2 Å². The highest BCUT2D eigenvalue weighted by Crippen LogP contribution is 2.21. The molecule has 1 rings (SSSR count). The van der Waals surface area contributed by atoms with Crippen LogP contribution in [0.4, 0.5) is 0 Å². The van der Waals surface area contributed by atoms with Gasteiger partial charge in [0.25, 0.3) is 0 Å². The van der Waals surface area contributed by atoms with Crippen LogP contribution in [0.2, 0.25) is 0 Å². The second-order valence-corrected chi connectivity index (χ2v) is 9.44. The van der Waals surface area contributed by atoms with E-state index in [2.05, 4.69) is 15.6 Å². The summed E-state index contributed by atoms with van der Waals surface area (Å²) >= 11 is 0. The van der Waals surface area contributed by atoms with Crippen molar-refractivity contribution in [3.8, 4) is 5.75 Å². The van der Waals surface area contributed by atoms with Crippen molar-refractivity contribution < 1.29 is 13.2 Å². The first kappa shape index (κ1) is 22.3. The summed E-state index contributed by atoms with van der Waals surface area (Å²) in [5, 5.41) is 6.51. The molecule has 6 nitrogen and oxygen atoms in total. The third kappa shape index (κ3) is 11.0. The standard InChI is InChI=1S/C19H33N3O3S/c1-5-20-18(22-16-19(2,3)12-15-26(4,23)24)21-13-9-14-25-17-10-7-6-8-11-17/h6-8,10-11H,5,9,12-16H2,1-4H3,(H2,20,21,22). The smallest absolute Gasteiger partial charge is 0.191 e. The molecule has 0 aromatic heterocycles. The first-order chi connectivity index (χ1) is 12.2. The van der Waals surface area contributed by atoms with E-state index in [4.69, 9.17) is 4.74 Å². The van der Waals surface area contributed by atoms with Gasteiger partial charge in [-0.05, 0) is 37.3 Å². The first-order valence-electron chi connectivity index (χ1n) is 9.09. The molecule has 148 valence electrons. The number of benzene rings is 1. The fourth-order valence-corrected chi connectivity index (χ4v) is 3.08. The van der Waals surface area contributed by atoms with Crippen molar-refractivity contribution in [1.82, 2.24) is 10.6 Å². The lowest BCUT2D eigenvalue weighted by Crippen LogP contribution is -2.39. The van der Waals surface area contributed by atoms with Crippen molar-refractivity contribution in [2.75, 3.05) is 38.2 Å². The van der Waals surface area contributed by atoms with Crippen LogP contribution >= 0.6 is 0 Å². The van der Waals surface area contributed by atoms with Gasteiger partial charge in [-0.1, -0.05) is 32.0 Å². The molecule has 0 saturated carbocycles. The van der Waals surface area contributed by atoms with Gasteiger partial charge in [-0.25, -0.2) is 8.42 Å². The van der Waals surface area contributed by atoms with Gasteiger partial charge in [0.2, 0.25) is 0 Å². The normalized spacial score (nSPS) is 12.7. The molecule has 0 heterocycles. The maximum Gasteiger partial charge on any atom is 0.191 e. The van der Waals surface area contributed by atoms with E-state index in [0.29, 0.717) is 19.6 Å². The van der Waals surface area contributed by atoms with E-state index in [1.165, 1.54) is 6.26 Å². The molecule has 0 aliphatic rings. The number of ether oxygens (including phenoxy) is 1. The minimum atomic E-state index is -2.94. The zero-order valence-corrected chi connectivity index (χ0v) is 17.2. The van der Waals surface area contributed by atoms with E-state index < -0.39 is 9.84 Å². The van der Waals surface area contributed by atoms with Crippen LogP contribution in [-0.2, 0) is 9.84 Å². The van der Waals surface area contributed by atoms with Crippen molar-refractivity contribution in [2.45, 2.75) is 33.6 Å². The number of aliphatic imine (C=N–C) groups is 1. The van der Waals surface area contributed by atoms with Gasteiger partial charge in [-0.3, -0.25) is 4.99 Å². The second kappa shape index (κ2) is 11.1. The Hall–Kier alpha value is -1.76. The molecule has 26 heavy (non-hydrogen) atoms. The average Bonchev–Trinajstić information content (AvgIpc) is 2.58. The van der Waals surface area contributed by atoms with Gasteiger partial charge in [0.1, 0.15) is 15.6 Å². The van der Waals surface area contributed by atoms with Crippen LogP contribution in [0, 0.1) is 5.41 Å². The van der Waals surface area contributed by atoms with Crippen molar-refractivity contribution in [2.24, 2.45) is 10.4 Å². The highest BCUT2D eigenvalue weighted by molar-refractivity contribution is 7.90. The van der Waals surface area contributed by atoms with Crippen molar-refractivity contribution in [3.63, 3.8) is 0 Å². The number of hydrogen-bond donors (Lipinski definition) is 2. The Morgan fingerprint density at radius 1 is 1.19 bits per heavy atom. The summed E-state index contributed by atoms with van der Waals surface area (Å²) in [7, 11) is -2.94. The largest absolute Gasteiger partial charge is 0.494 e. The highest BCUT2D eigenvalue weighted by atomic mass is 32.2. The molecule has 0 amide bonds. The van der Waals surface area contributed by atoms with Crippen LogP contribution in [0.1, 0.15) is 33.6 Å². The van der Waals surface area contributed by atoms with Crippen LogP contribution < -0.4 is 15.4 Å². The summed E-state index contributed by atoms with van der Waals surface area (Å²) in [5.41, 5.74) is -0.165. The van der Waals surface area contributed by atoms with E-state index >= 15 is 0 Å². The molecule has 0 bridgehead atoms. The van der Waals surface area contributed by atoms with Gasteiger partial charge in [0, 0.05) is 25.9 Å². The van der Waals surface area contributed by atoms with Gasteiger partial charge < -0.3 is 15.4 Å². The van der Waals surface area contributed by atoms with Gasteiger partial charge >= 0.3 is 0 Å². The van der Waals surface area contributed by atoms with Crippen LogP contribution in [0.25, 0.3) is 0 Å². The fraction of sp³-hybridized carbons (Fsp3) is 0.632. The molecule has 0 spiro atoms. The van der Waals surface area contributed by atoms with Crippen molar-refractivity contribution in [1.29, 1.82) is 0 Å². The molecule has 0 atom stereocenters. The van der Waals surface area contributed by atoms with Gasteiger partial charge in [-0.15, -0.1) is 0 Å². The van der Waals surface area contributed by atoms with Crippen molar-refractivity contribution >= 4 is 15.8 Å². The van der Waals surface area contributed by atoms with E-state index in [1.807, 2.05) is 51.1 Å². The fourth-order valence-electron chi connectivity index (χ4n) is 2.16. The Balaban J connectivity index is 2.37. The monoisotopic (exact) mass is 383 g/mol. The molecule has 0 aliphatic heterocycles. The minimum absolute atomic E-state index is 0.165. The molecule has 0 saturated heterocycles. The van der Waals surface area contributed by atoms with Crippen LogP contribution in [0.3, 0.4) is 0 Å². The zero-order valence-electron chi connectivity index (χ0n) is 16.4. The Morgan fingerprint density at radius 3 is 2.50 bits per heavy atom. The minimum Gasteiger partial charge on any atom is -0.494 e. The number of nitrogens with one attached hydrogen (secondary N) is 2. The second-order valence-electron chi connectivity index (χ2n) is 7.18. The van der Waals surface area contributed by atoms with E-state index in [0.717, 1.165) is 31.2 Å². The molecular weight excluding hydrogens is 350 g/mol. The lowest BCUT2D eigenvalue weighted by molar-refractivity contribution is 0.311. The van der Waals surface area contributed by atoms with Crippen molar-refractivity contribution in [3.05, 3.63) is 30.3 Å². The number of hydrogen-bond acceptors (Lipinski definition) is 4. The molecule has 2 N–H and O–H groups in total. The third-order valence-corrected chi connectivity index (χ3v) is 4.73.